The number of ether oxygens (including phenoxy) is 1. The van der Waals surface area contributed by atoms with Gasteiger partial charge in [-0.25, -0.2) is 0 Å². The lowest BCUT2D eigenvalue weighted by Crippen LogP contribution is -2.29. The molecule has 0 aromatic carbocycles. The van der Waals surface area contributed by atoms with Crippen LogP contribution in [0, 0.1) is 5.92 Å². The van der Waals surface area contributed by atoms with Gasteiger partial charge < -0.3 is 4.74 Å². The average molecular weight is 138 g/mol. The molecule has 1 aliphatic heterocycles. The van der Waals surface area contributed by atoms with Crippen LogP contribution < -0.4 is 0 Å². The minimum atomic E-state index is 0.568. The second kappa shape index (κ2) is 2.75. The Morgan fingerprint density at radius 3 is 3.00 bits per heavy atom. The third-order valence-electron chi connectivity index (χ3n) is 2.54. The second-order valence-corrected chi connectivity index (χ2v) is 3.25. The lowest BCUT2D eigenvalue weighted by molar-refractivity contribution is 0.00973. The Balaban J connectivity index is 2.03. The first-order chi connectivity index (χ1) is 4.97. The molecule has 0 saturated heterocycles. The van der Waals surface area contributed by atoms with E-state index in [-0.39, 0.29) is 0 Å². The maximum atomic E-state index is 5.60. The zero-order valence-corrected chi connectivity index (χ0v) is 6.25. The average Bonchev–Trinajstić information content (AvgIpc) is 2.05. The summed E-state index contributed by atoms with van der Waals surface area (Å²) >= 11 is 0. The minimum absolute atomic E-state index is 0.568. The van der Waals surface area contributed by atoms with Crippen molar-refractivity contribution in [1.82, 2.24) is 0 Å². The van der Waals surface area contributed by atoms with Crippen molar-refractivity contribution in [3.05, 3.63) is 12.2 Å². The highest BCUT2D eigenvalue weighted by atomic mass is 16.5. The molecule has 0 aromatic heterocycles. The fourth-order valence-corrected chi connectivity index (χ4v) is 1.96. The summed E-state index contributed by atoms with van der Waals surface area (Å²) < 4.78 is 5.60. The fraction of sp³-hybridized carbons (Fsp3) is 0.778. The molecule has 1 aliphatic carbocycles. The number of hydrogen-bond acceptors (Lipinski definition) is 1. The van der Waals surface area contributed by atoms with Gasteiger partial charge in [0.25, 0.3) is 0 Å². The van der Waals surface area contributed by atoms with Crippen LogP contribution in [0.4, 0.5) is 0 Å². The van der Waals surface area contributed by atoms with Crippen molar-refractivity contribution in [2.45, 2.75) is 31.8 Å². The molecule has 1 saturated carbocycles. The molecule has 2 rings (SSSR count). The summed E-state index contributed by atoms with van der Waals surface area (Å²) in [6, 6.07) is 0. The molecule has 56 valence electrons. The monoisotopic (exact) mass is 138 g/mol. The van der Waals surface area contributed by atoms with Gasteiger partial charge in [0.15, 0.2) is 0 Å². The molecule has 10 heavy (non-hydrogen) atoms. The van der Waals surface area contributed by atoms with Crippen molar-refractivity contribution in [2.75, 3.05) is 6.61 Å². The Kier molecular flexibility index (Phi) is 1.76. The van der Waals surface area contributed by atoms with Crippen LogP contribution in [-0.2, 0) is 4.74 Å². The maximum Gasteiger partial charge on any atom is 0.0651 e. The molecule has 0 bridgehead atoms. The van der Waals surface area contributed by atoms with E-state index in [4.69, 9.17) is 4.74 Å². The normalized spacial score (nSPS) is 39.2. The molecule has 0 aromatic rings. The standard InChI is InChI=1S/C9H14O/c1-2-6-9-8(4-1)5-3-7-10-9/h3,5,8-9H,1-2,4,6-7H2/t8-,9+/m1/s1. The molecular weight excluding hydrogens is 124 g/mol. The van der Waals surface area contributed by atoms with Gasteiger partial charge in [-0.15, -0.1) is 0 Å². The summed E-state index contributed by atoms with van der Waals surface area (Å²) in [4.78, 5) is 0. The van der Waals surface area contributed by atoms with Gasteiger partial charge >= 0.3 is 0 Å². The molecule has 1 nitrogen and oxygen atoms in total. The molecule has 1 heteroatoms. The predicted octanol–water partition coefficient (Wildman–Crippen LogP) is 2.13. The van der Waals surface area contributed by atoms with E-state index in [1.165, 1.54) is 25.7 Å². The van der Waals surface area contributed by atoms with Gasteiger partial charge in [-0.05, 0) is 12.8 Å². The molecule has 0 spiro atoms. The van der Waals surface area contributed by atoms with Crippen LogP contribution in [0.3, 0.4) is 0 Å². The quantitative estimate of drug-likeness (QED) is 0.466. The molecule has 0 unspecified atom stereocenters. The fourth-order valence-electron chi connectivity index (χ4n) is 1.96. The van der Waals surface area contributed by atoms with Crippen LogP contribution in [0.2, 0.25) is 0 Å². The largest absolute Gasteiger partial charge is 0.374 e. The number of hydrogen-bond donors (Lipinski definition) is 0. The lowest BCUT2D eigenvalue weighted by atomic mass is 9.85. The van der Waals surface area contributed by atoms with Crippen molar-refractivity contribution in [1.29, 1.82) is 0 Å². The second-order valence-electron chi connectivity index (χ2n) is 3.25. The van der Waals surface area contributed by atoms with Gasteiger partial charge in [-0.2, -0.15) is 0 Å². The zero-order valence-electron chi connectivity index (χ0n) is 6.25. The first-order valence-corrected chi connectivity index (χ1v) is 4.25. The van der Waals surface area contributed by atoms with Gasteiger partial charge in [-0.3, -0.25) is 0 Å². The first-order valence-electron chi connectivity index (χ1n) is 4.25. The molecule has 1 fully saturated rings. The summed E-state index contributed by atoms with van der Waals surface area (Å²) in [6.07, 6.45) is 10.5. The summed E-state index contributed by atoms with van der Waals surface area (Å²) in [6.45, 7) is 0.848. The Hall–Kier alpha value is -0.300. The van der Waals surface area contributed by atoms with E-state index in [2.05, 4.69) is 12.2 Å². The zero-order chi connectivity index (χ0) is 6.81. The van der Waals surface area contributed by atoms with Gasteiger partial charge in [0.05, 0.1) is 12.7 Å². The maximum absolute atomic E-state index is 5.60. The molecule has 0 radical (unpaired) electrons. The van der Waals surface area contributed by atoms with Crippen molar-refractivity contribution >= 4 is 0 Å². The van der Waals surface area contributed by atoms with Crippen molar-refractivity contribution < 1.29 is 4.74 Å². The topological polar surface area (TPSA) is 9.23 Å². The van der Waals surface area contributed by atoms with Gasteiger partial charge in [0, 0.05) is 5.92 Å². The van der Waals surface area contributed by atoms with E-state index in [0.29, 0.717) is 6.10 Å². The molecule has 1 heterocycles. The summed E-state index contributed by atoms with van der Waals surface area (Å²) in [5.74, 6) is 0.752. The first kappa shape index (κ1) is 6.41. The minimum Gasteiger partial charge on any atom is -0.374 e. The summed E-state index contributed by atoms with van der Waals surface area (Å²) in [5, 5.41) is 0. The third kappa shape index (κ3) is 1.10. The van der Waals surface area contributed by atoms with Crippen molar-refractivity contribution in [2.24, 2.45) is 5.92 Å². The SMILES string of the molecule is C1=C[C@H]2CCCC[C@@H]2OC1. The Morgan fingerprint density at radius 1 is 1.20 bits per heavy atom. The highest BCUT2D eigenvalue weighted by Gasteiger charge is 2.24. The molecule has 0 N–H and O–H groups in total. The molecular formula is C9H14O. The van der Waals surface area contributed by atoms with Gasteiger partial charge in [0.2, 0.25) is 0 Å². The Labute approximate surface area is 62.1 Å². The highest BCUT2D eigenvalue weighted by molar-refractivity contribution is 4.97. The summed E-state index contributed by atoms with van der Waals surface area (Å²) in [5.41, 5.74) is 0. The molecule has 2 aliphatic rings. The van der Waals surface area contributed by atoms with E-state index in [9.17, 15) is 0 Å². The van der Waals surface area contributed by atoms with Crippen LogP contribution in [0.1, 0.15) is 25.7 Å². The lowest BCUT2D eigenvalue weighted by Gasteiger charge is -2.31. The van der Waals surface area contributed by atoms with Crippen molar-refractivity contribution in [3.63, 3.8) is 0 Å². The van der Waals surface area contributed by atoms with E-state index in [0.717, 1.165) is 12.5 Å². The Morgan fingerprint density at radius 2 is 2.10 bits per heavy atom. The van der Waals surface area contributed by atoms with Gasteiger partial charge in [-0.1, -0.05) is 25.0 Å². The molecule has 0 amide bonds. The third-order valence-corrected chi connectivity index (χ3v) is 2.54. The van der Waals surface area contributed by atoms with Crippen LogP contribution in [0.5, 0.6) is 0 Å². The predicted molar refractivity (Wildman–Crippen MR) is 40.8 cm³/mol. The van der Waals surface area contributed by atoms with Crippen LogP contribution in [0.25, 0.3) is 0 Å². The number of rotatable bonds is 0. The van der Waals surface area contributed by atoms with E-state index in [1.807, 2.05) is 0 Å². The van der Waals surface area contributed by atoms with E-state index < -0.39 is 0 Å². The smallest absolute Gasteiger partial charge is 0.0651 e. The van der Waals surface area contributed by atoms with Crippen LogP contribution in [-0.4, -0.2) is 12.7 Å². The van der Waals surface area contributed by atoms with Crippen LogP contribution in [0.15, 0.2) is 12.2 Å². The number of fused-ring (bicyclic) bond motifs is 1. The highest BCUT2D eigenvalue weighted by Crippen LogP contribution is 2.29. The van der Waals surface area contributed by atoms with E-state index >= 15 is 0 Å². The van der Waals surface area contributed by atoms with Gasteiger partial charge in [0.1, 0.15) is 0 Å². The Bertz CT molecular complexity index is 140. The summed E-state index contributed by atoms with van der Waals surface area (Å²) in [7, 11) is 0. The molecule has 2 atom stereocenters. The van der Waals surface area contributed by atoms with Crippen LogP contribution >= 0.6 is 0 Å². The van der Waals surface area contributed by atoms with Crippen molar-refractivity contribution in [3.8, 4) is 0 Å². The van der Waals surface area contributed by atoms with E-state index in [1.54, 1.807) is 0 Å².